The maximum absolute atomic E-state index is 13.2. The fourth-order valence-corrected chi connectivity index (χ4v) is 4.27. The van der Waals surface area contributed by atoms with Crippen LogP contribution in [-0.2, 0) is 30.7 Å². The first kappa shape index (κ1) is 20.2. The summed E-state index contributed by atoms with van der Waals surface area (Å²) in [4.78, 5) is 15.1. The van der Waals surface area contributed by atoms with Crippen molar-refractivity contribution in [3.8, 4) is 0 Å². The second-order valence-electron chi connectivity index (χ2n) is 8.59. The number of carbonyl (C=O) groups excluding carboxylic acids is 1. The fraction of sp³-hybridized carbons (Fsp3) is 0.636. The quantitative estimate of drug-likeness (QED) is 0.807. The maximum atomic E-state index is 13.2. The Balaban J connectivity index is 1.53. The summed E-state index contributed by atoms with van der Waals surface area (Å²) in [5, 5.41) is 8.41. The Hall–Kier alpha value is -2.12. The van der Waals surface area contributed by atoms with Crippen LogP contribution in [0.5, 0.6) is 0 Å². The van der Waals surface area contributed by atoms with Crippen LogP contribution in [0.1, 0.15) is 53.5 Å². The summed E-state index contributed by atoms with van der Waals surface area (Å²) in [7, 11) is 0. The van der Waals surface area contributed by atoms with Crippen molar-refractivity contribution in [2.75, 3.05) is 26.3 Å². The van der Waals surface area contributed by atoms with Crippen molar-refractivity contribution in [3.05, 3.63) is 40.6 Å². The number of aryl methyl sites for hydroxylation is 1. The number of fused-ring (bicyclic) bond motifs is 1. The summed E-state index contributed by atoms with van der Waals surface area (Å²) >= 11 is 0. The summed E-state index contributed by atoms with van der Waals surface area (Å²) in [6.45, 7) is 10.4. The van der Waals surface area contributed by atoms with E-state index in [0.717, 1.165) is 42.9 Å². The molecule has 1 aliphatic carbocycles. The SMILES string of the molecule is Cc1ccc(CNC2CCc3c(c(C(=O)N4CCOCC4)nn3CC(C)C)C2)o1. The van der Waals surface area contributed by atoms with Gasteiger partial charge >= 0.3 is 0 Å². The molecule has 0 saturated carbocycles. The number of nitrogens with zero attached hydrogens (tertiary/aromatic N) is 3. The third-order valence-electron chi connectivity index (χ3n) is 5.75. The van der Waals surface area contributed by atoms with Crippen LogP contribution in [0.3, 0.4) is 0 Å². The van der Waals surface area contributed by atoms with Crippen molar-refractivity contribution in [3.63, 3.8) is 0 Å². The largest absolute Gasteiger partial charge is 0.465 e. The molecule has 4 rings (SSSR count). The van der Waals surface area contributed by atoms with E-state index in [0.29, 0.717) is 50.5 Å². The number of amides is 1. The van der Waals surface area contributed by atoms with Gasteiger partial charge in [-0.2, -0.15) is 5.10 Å². The van der Waals surface area contributed by atoms with Crippen molar-refractivity contribution in [2.24, 2.45) is 5.92 Å². The minimum absolute atomic E-state index is 0.0503. The second-order valence-corrected chi connectivity index (χ2v) is 8.59. The summed E-state index contributed by atoms with van der Waals surface area (Å²) < 4.78 is 13.2. The van der Waals surface area contributed by atoms with Crippen LogP contribution in [0, 0.1) is 12.8 Å². The van der Waals surface area contributed by atoms with Gasteiger partial charge in [-0.1, -0.05) is 13.8 Å². The van der Waals surface area contributed by atoms with Crippen molar-refractivity contribution < 1.29 is 13.9 Å². The summed E-state index contributed by atoms with van der Waals surface area (Å²) in [5.74, 6) is 2.42. The molecule has 1 amide bonds. The number of hydrogen-bond acceptors (Lipinski definition) is 5. The molecule has 1 fully saturated rings. The van der Waals surface area contributed by atoms with E-state index in [-0.39, 0.29) is 5.91 Å². The zero-order valence-corrected chi connectivity index (χ0v) is 17.7. The molecular weight excluding hydrogens is 368 g/mol. The summed E-state index contributed by atoms with van der Waals surface area (Å²) in [6, 6.07) is 4.33. The molecule has 2 aromatic rings. The predicted octanol–water partition coefficient (Wildman–Crippen LogP) is 2.56. The molecule has 1 unspecified atom stereocenters. The lowest BCUT2D eigenvalue weighted by Gasteiger charge is -2.27. The third-order valence-corrected chi connectivity index (χ3v) is 5.75. The number of rotatable bonds is 6. The van der Waals surface area contributed by atoms with Gasteiger partial charge in [0.25, 0.3) is 5.91 Å². The number of nitrogens with one attached hydrogen (secondary N) is 1. The Kier molecular flexibility index (Phi) is 6.06. The Morgan fingerprint density at radius 1 is 1.31 bits per heavy atom. The first-order valence-electron chi connectivity index (χ1n) is 10.8. The topological polar surface area (TPSA) is 72.5 Å². The van der Waals surface area contributed by atoms with Crippen LogP contribution in [0.15, 0.2) is 16.5 Å². The van der Waals surface area contributed by atoms with Crippen LogP contribution in [0.25, 0.3) is 0 Å². The van der Waals surface area contributed by atoms with Crippen LogP contribution >= 0.6 is 0 Å². The molecule has 0 radical (unpaired) electrons. The zero-order chi connectivity index (χ0) is 20.4. The van der Waals surface area contributed by atoms with Gasteiger partial charge in [0.2, 0.25) is 0 Å². The number of morpholine rings is 1. The molecule has 0 aromatic carbocycles. The van der Waals surface area contributed by atoms with Gasteiger partial charge in [-0.25, -0.2) is 0 Å². The Morgan fingerprint density at radius 2 is 2.10 bits per heavy atom. The highest BCUT2D eigenvalue weighted by atomic mass is 16.5. The molecule has 0 bridgehead atoms. The Bertz CT molecular complexity index is 848. The van der Waals surface area contributed by atoms with Crippen molar-refractivity contribution >= 4 is 5.91 Å². The number of hydrogen-bond donors (Lipinski definition) is 1. The molecule has 2 aromatic heterocycles. The normalized spacial score (nSPS) is 19.6. The van der Waals surface area contributed by atoms with Gasteiger partial charge in [0, 0.05) is 36.9 Å². The van der Waals surface area contributed by atoms with Gasteiger partial charge < -0.3 is 19.4 Å². The van der Waals surface area contributed by atoms with Gasteiger partial charge in [-0.05, 0) is 44.2 Å². The molecule has 2 aliphatic rings. The molecule has 0 spiro atoms. The minimum Gasteiger partial charge on any atom is -0.465 e. The average molecular weight is 401 g/mol. The molecule has 1 atom stereocenters. The first-order valence-corrected chi connectivity index (χ1v) is 10.8. The van der Waals surface area contributed by atoms with E-state index in [9.17, 15) is 4.79 Å². The monoisotopic (exact) mass is 400 g/mol. The third kappa shape index (κ3) is 4.56. The minimum atomic E-state index is 0.0503. The van der Waals surface area contributed by atoms with Crippen LogP contribution in [0.4, 0.5) is 0 Å². The molecule has 7 heteroatoms. The lowest BCUT2D eigenvalue weighted by atomic mass is 9.91. The van der Waals surface area contributed by atoms with E-state index in [1.807, 2.05) is 24.0 Å². The fourth-order valence-electron chi connectivity index (χ4n) is 4.27. The van der Waals surface area contributed by atoms with E-state index in [4.69, 9.17) is 14.3 Å². The summed E-state index contributed by atoms with van der Waals surface area (Å²) in [5.41, 5.74) is 3.01. The molecule has 1 saturated heterocycles. The van der Waals surface area contributed by atoms with Gasteiger partial charge in [-0.3, -0.25) is 9.48 Å². The predicted molar refractivity (Wildman–Crippen MR) is 110 cm³/mol. The zero-order valence-electron chi connectivity index (χ0n) is 17.7. The standard InChI is InChI=1S/C22H32N4O3/c1-15(2)14-26-20-7-5-17(23-13-18-6-4-16(3)29-18)12-19(20)21(24-26)22(27)25-8-10-28-11-9-25/h4,6,15,17,23H,5,7-14H2,1-3H3. The Morgan fingerprint density at radius 3 is 2.79 bits per heavy atom. The first-order chi connectivity index (χ1) is 14.0. The lowest BCUT2D eigenvalue weighted by Crippen LogP contribution is -2.41. The van der Waals surface area contributed by atoms with E-state index in [1.54, 1.807) is 0 Å². The van der Waals surface area contributed by atoms with Crippen molar-refractivity contribution in [1.29, 1.82) is 0 Å². The smallest absolute Gasteiger partial charge is 0.274 e. The molecule has 158 valence electrons. The Labute approximate surface area is 172 Å². The highest BCUT2D eigenvalue weighted by molar-refractivity contribution is 5.94. The van der Waals surface area contributed by atoms with Crippen molar-refractivity contribution in [2.45, 2.75) is 59.2 Å². The van der Waals surface area contributed by atoms with Gasteiger partial charge in [0.05, 0.1) is 19.8 Å². The highest BCUT2D eigenvalue weighted by Crippen LogP contribution is 2.27. The van der Waals surface area contributed by atoms with E-state index in [1.165, 1.54) is 5.69 Å². The van der Waals surface area contributed by atoms with Crippen LogP contribution in [0.2, 0.25) is 0 Å². The summed E-state index contributed by atoms with van der Waals surface area (Å²) in [6.07, 6.45) is 2.82. The van der Waals surface area contributed by atoms with Gasteiger partial charge in [0.15, 0.2) is 5.69 Å². The lowest BCUT2D eigenvalue weighted by molar-refractivity contribution is 0.0297. The molecule has 29 heavy (non-hydrogen) atoms. The van der Waals surface area contributed by atoms with Crippen molar-refractivity contribution in [1.82, 2.24) is 20.0 Å². The molecular formula is C22H32N4O3. The molecule has 1 N–H and O–H groups in total. The van der Waals surface area contributed by atoms with Crippen LogP contribution in [-0.4, -0.2) is 52.9 Å². The van der Waals surface area contributed by atoms with Gasteiger partial charge in [0.1, 0.15) is 11.5 Å². The van der Waals surface area contributed by atoms with E-state index < -0.39 is 0 Å². The van der Waals surface area contributed by atoms with E-state index >= 15 is 0 Å². The maximum Gasteiger partial charge on any atom is 0.274 e. The molecule has 7 nitrogen and oxygen atoms in total. The van der Waals surface area contributed by atoms with Gasteiger partial charge in [-0.15, -0.1) is 0 Å². The number of aromatic nitrogens is 2. The second kappa shape index (κ2) is 8.71. The van der Waals surface area contributed by atoms with E-state index in [2.05, 4.69) is 23.8 Å². The average Bonchev–Trinajstić information content (AvgIpc) is 3.29. The number of ether oxygens (including phenoxy) is 1. The number of carbonyl (C=O) groups is 1. The highest BCUT2D eigenvalue weighted by Gasteiger charge is 2.31. The molecule has 3 heterocycles. The molecule has 1 aliphatic heterocycles. The van der Waals surface area contributed by atoms with Crippen LogP contribution < -0.4 is 5.32 Å². The number of furan rings is 1.